The van der Waals surface area contributed by atoms with Crippen molar-refractivity contribution in [3.8, 4) is 0 Å². The average molecular weight is 335 g/mol. The summed E-state index contributed by atoms with van der Waals surface area (Å²) in [5.74, 6) is -0.658. The van der Waals surface area contributed by atoms with Crippen molar-refractivity contribution >= 4 is 11.8 Å². The summed E-state index contributed by atoms with van der Waals surface area (Å²) in [4.78, 5) is 28.4. The maximum Gasteiger partial charge on any atom is 0.225 e. The minimum Gasteiger partial charge on any atom is -0.356 e. The molecule has 0 radical (unpaired) electrons. The molecule has 2 unspecified atom stereocenters. The molecular formula is C18H26FN3O2. The lowest BCUT2D eigenvalue weighted by molar-refractivity contribution is -0.141. The van der Waals surface area contributed by atoms with Crippen molar-refractivity contribution in [3.63, 3.8) is 0 Å². The molecule has 1 N–H and O–H groups in total. The summed E-state index contributed by atoms with van der Waals surface area (Å²) in [6, 6.07) is 5.70. The van der Waals surface area contributed by atoms with Crippen molar-refractivity contribution in [2.45, 2.75) is 25.3 Å². The molecule has 1 aromatic rings. The summed E-state index contributed by atoms with van der Waals surface area (Å²) in [6.45, 7) is 1.52. The third-order valence-corrected chi connectivity index (χ3v) is 4.49. The van der Waals surface area contributed by atoms with Crippen molar-refractivity contribution in [2.24, 2.45) is 5.92 Å². The van der Waals surface area contributed by atoms with Gasteiger partial charge in [0.05, 0.1) is 12.0 Å². The van der Waals surface area contributed by atoms with Gasteiger partial charge in [0.25, 0.3) is 0 Å². The van der Waals surface area contributed by atoms with Crippen LogP contribution >= 0.6 is 0 Å². The number of nitrogens with zero attached hydrogens (tertiary/aromatic N) is 2. The number of hydrogen-bond acceptors (Lipinski definition) is 3. The summed E-state index contributed by atoms with van der Waals surface area (Å²) in [5, 5.41) is 2.98. The fraction of sp³-hybridized carbons (Fsp3) is 0.556. The van der Waals surface area contributed by atoms with E-state index in [1.807, 2.05) is 14.1 Å². The number of halogens is 1. The van der Waals surface area contributed by atoms with Gasteiger partial charge in [-0.25, -0.2) is 4.39 Å². The topological polar surface area (TPSA) is 52.7 Å². The highest BCUT2D eigenvalue weighted by atomic mass is 19.1. The van der Waals surface area contributed by atoms with E-state index in [2.05, 4.69) is 10.2 Å². The quantitative estimate of drug-likeness (QED) is 0.807. The van der Waals surface area contributed by atoms with E-state index in [-0.39, 0.29) is 29.6 Å². The Labute approximate surface area is 142 Å². The number of benzene rings is 1. The van der Waals surface area contributed by atoms with Gasteiger partial charge in [0, 0.05) is 20.0 Å². The second-order valence-corrected chi connectivity index (χ2v) is 6.59. The monoisotopic (exact) mass is 335 g/mol. The zero-order valence-corrected chi connectivity index (χ0v) is 14.6. The second kappa shape index (κ2) is 8.24. The van der Waals surface area contributed by atoms with E-state index >= 15 is 0 Å². The summed E-state index contributed by atoms with van der Waals surface area (Å²) >= 11 is 0. The summed E-state index contributed by atoms with van der Waals surface area (Å²) in [5.41, 5.74) is 0.792. The predicted octanol–water partition coefficient (Wildman–Crippen LogP) is 1.80. The smallest absolute Gasteiger partial charge is 0.225 e. The maximum absolute atomic E-state index is 13.2. The molecule has 0 spiro atoms. The van der Waals surface area contributed by atoms with E-state index < -0.39 is 0 Å². The molecule has 1 saturated heterocycles. The van der Waals surface area contributed by atoms with Crippen LogP contribution in [-0.2, 0) is 9.59 Å². The number of likely N-dealkylation sites (tertiary alicyclic amines) is 1. The van der Waals surface area contributed by atoms with Gasteiger partial charge in [-0.3, -0.25) is 9.59 Å². The van der Waals surface area contributed by atoms with E-state index in [0.717, 1.165) is 18.5 Å². The Hall–Kier alpha value is -1.95. The number of amides is 2. The van der Waals surface area contributed by atoms with Crippen molar-refractivity contribution in [1.82, 2.24) is 15.1 Å². The van der Waals surface area contributed by atoms with E-state index in [9.17, 15) is 14.0 Å². The zero-order chi connectivity index (χ0) is 17.7. The molecule has 2 atom stereocenters. The van der Waals surface area contributed by atoms with Gasteiger partial charge in [-0.05, 0) is 51.2 Å². The number of rotatable bonds is 6. The summed E-state index contributed by atoms with van der Waals surface area (Å²) in [6.07, 6.45) is 1.76. The molecule has 1 aromatic carbocycles. The summed E-state index contributed by atoms with van der Waals surface area (Å²) < 4.78 is 13.2. The molecule has 2 rings (SSSR count). The Bertz CT molecular complexity index is 574. The highest BCUT2D eigenvalue weighted by Crippen LogP contribution is 2.35. The van der Waals surface area contributed by atoms with Crippen molar-refractivity contribution in [3.05, 3.63) is 35.6 Å². The number of piperidine rings is 1. The van der Waals surface area contributed by atoms with E-state index in [4.69, 9.17) is 0 Å². The number of hydrogen-bond donors (Lipinski definition) is 1. The normalized spacial score (nSPS) is 21.2. The van der Waals surface area contributed by atoms with Gasteiger partial charge in [-0.2, -0.15) is 0 Å². The SMILES string of the molecule is CN(C)CCCNC(=O)C1CCC(=O)N(C)C1c1ccc(F)cc1. The standard InChI is InChI=1S/C18H26FN3O2/c1-21(2)12-4-11-20-18(24)15-9-10-16(23)22(3)17(15)13-5-7-14(19)8-6-13/h5-8,15,17H,4,9-12H2,1-3H3,(H,20,24). The first kappa shape index (κ1) is 18.4. The van der Waals surface area contributed by atoms with Crippen LogP contribution in [0.15, 0.2) is 24.3 Å². The van der Waals surface area contributed by atoms with Gasteiger partial charge in [0.15, 0.2) is 0 Å². The molecule has 0 saturated carbocycles. The minimum atomic E-state index is -0.347. The van der Waals surface area contributed by atoms with Crippen molar-refractivity contribution in [2.75, 3.05) is 34.2 Å². The molecule has 1 aliphatic heterocycles. The molecule has 1 aliphatic rings. The molecule has 132 valence electrons. The van der Waals surface area contributed by atoms with Crippen molar-refractivity contribution in [1.29, 1.82) is 0 Å². The lowest BCUT2D eigenvalue weighted by Gasteiger charge is -2.38. The highest BCUT2D eigenvalue weighted by Gasteiger charge is 2.38. The van der Waals surface area contributed by atoms with Crippen LogP contribution in [0.3, 0.4) is 0 Å². The first-order valence-corrected chi connectivity index (χ1v) is 8.33. The molecule has 0 aliphatic carbocycles. The number of nitrogens with one attached hydrogen (secondary N) is 1. The Morgan fingerprint density at radius 3 is 2.62 bits per heavy atom. The second-order valence-electron chi connectivity index (χ2n) is 6.59. The summed E-state index contributed by atoms with van der Waals surface area (Å²) in [7, 11) is 5.70. The van der Waals surface area contributed by atoms with Gasteiger partial charge >= 0.3 is 0 Å². The molecule has 5 nitrogen and oxygen atoms in total. The van der Waals surface area contributed by atoms with Crippen LogP contribution in [0.2, 0.25) is 0 Å². The van der Waals surface area contributed by atoms with E-state index in [0.29, 0.717) is 19.4 Å². The molecule has 24 heavy (non-hydrogen) atoms. The van der Waals surface area contributed by atoms with Crippen LogP contribution < -0.4 is 5.32 Å². The van der Waals surface area contributed by atoms with Gasteiger partial charge in [-0.15, -0.1) is 0 Å². The fourth-order valence-corrected chi connectivity index (χ4v) is 3.17. The van der Waals surface area contributed by atoms with Crippen molar-refractivity contribution < 1.29 is 14.0 Å². The molecule has 1 heterocycles. The predicted molar refractivity (Wildman–Crippen MR) is 90.8 cm³/mol. The number of carbonyl (C=O) groups excluding carboxylic acids is 2. The maximum atomic E-state index is 13.2. The largest absolute Gasteiger partial charge is 0.356 e. The third-order valence-electron chi connectivity index (χ3n) is 4.49. The van der Waals surface area contributed by atoms with Gasteiger partial charge < -0.3 is 15.1 Å². The lowest BCUT2D eigenvalue weighted by atomic mass is 9.84. The Morgan fingerprint density at radius 1 is 1.33 bits per heavy atom. The van der Waals surface area contributed by atoms with Gasteiger partial charge in [0.2, 0.25) is 11.8 Å². The van der Waals surface area contributed by atoms with Gasteiger partial charge in [0.1, 0.15) is 5.82 Å². The molecule has 2 amide bonds. The molecule has 6 heteroatoms. The third kappa shape index (κ3) is 4.54. The average Bonchev–Trinajstić information content (AvgIpc) is 2.54. The first-order valence-electron chi connectivity index (χ1n) is 8.33. The van der Waals surface area contributed by atoms with Gasteiger partial charge in [-0.1, -0.05) is 12.1 Å². The van der Waals surface area contributed by atoms with Crippen LogP contribution in [-0.4, -0.2) is 55.8 Å². The zero-order valence-electron chi connectivity index (χ0n) is 14.6. The van der Waals surface area contributed by atoms with Crippen LogP contribution in [0, 0.1) is 11.7 Å². The Balaban J connectivity index is 2.08. The van der Waals surface area contributed by atoms with Crippen LogP contribution in [0.25, 0.3) is 0 Å². The molecule has 0 bridgehead atoms. The lowest BCUT2D eigenvalue weighted by Crippen LogP contribution is -2.46. The minimum absolute atomic E-state index is 0.0148. The van der Waals surface area contributed by atoms with E-state index in [1.165, 1.54) is 12.1 Å². The van der Waals surface area contributed by atoms with E-state index in [1.54, 1.807) is 24.1 Å². The fourth-order valence-electron chi connectivity index (χ4n) is 3.17. The first-order chi connectivity index (χ1) is 11.4. The van der Waals surface area contributed by atoms with Crippen LogP contribution in [0.4, 0.5) is 4.39 Å². The Morgan fingerprint density at radius 2 is 2.00 bits per heavy atom. The highest BCUT2D eigenvalue weighted by molar-refractivity contribution is 5.84. The van der Waals surface area contributed by atoms with Crippen LogP contribution in [0.5, 0.6) is 0 Å². The molecule has 0 aromatic heterocycles. The molecular weight excluding hydrogens is 309 g/mol. The molecule has 1 fully saturated rings. The Kier molecular flexibility index (Phi) is 6.31. The number of carbonyl (C=O) groups is 2. The van der Waals surface area contributed by atoms with Crippen LogP contribution in [0.1, 0.15) is 30.9 Å².